The third-order valence-corrected chi connectivity index (χ3v) is 4.20. The van der Waals surface area contributed by atoms with Crippen LogP contribution < -0.4 is 15.0 Å². The molecule has 3 rings (SSSR count). The molecule has 1 N–H and O–H groups in total. The molecule has 3 aromatic rings. The predicted octanol–water partition coefficient (Wildman–Crippen LogP) is 5.28. The normalized spacial score (nSPS) is 10.9. The van der Waals surface area contributed by atoms with Gasteiger partial charge in [0.05, 0.1) is 18.2 Å². The van der Waals surface area contributed by atoms with E-state index in [1.54, 1.807) is 48.5 Å². The molecule has 0 saturated heterocycles. The number of benzene rings is 2. The van der Waals surface area contributed by atoms with Crippen LogP contribution in [0.5, 0.6) is 5.75 Å². The summed E-state index contributed by atoms with van der Waals surface area (Å²) >= 11 is 0. The summed E-state index contributed by atoms with van der Waals surface area (Å²) in [6.45, 7) is 2.34. The zero-order chi connectivity index (χ0) is 21.7. The van der Waals surface area contributed by atoms with Crippen LogP contribution in [0.2, 0.25) is 0 Å². The molecule has 1 aromatic heterocycles. The fraction of sp³-hybridized carbons (Fsp3) is 0.190. The minimum Gasteiger partial charge on any atom is -0.494 e. The highest BCUT2D eigenvalue weighted by atomic mass is 19.4. The summed E-state index contributed by atoms with van der Waals surface area (Å²) in [4.78, 5) is 9.24. The first-order valence-corrected chi connectivity index (χ1v) is 9.00. The molecule has 154 valence electrons. The van der Waals surface area contributed by atoms with Gasteiger partial charge in [0.2, 0.25) is 5.95 Å². The molecule has 0 atom stereocenters. The quantitative estimate of drug-likeness (QED) is 0.593. The van der Waals surface area contributed by atoms with Gasteiger partial charge >= 0.3 is 6.18 Å². The Bertz CT molecular complexity index is 1040. The Morgan fingerprint density at radius 2 is 1.77 bits per heavy atom. The molecule has 0 aliphatic heterocycles. The number of rotatable bonds is 6. The summed E-state index contributed by atoms with van der Waals surface area (Å²) in [7, 11) is 1.50. The number of hydrogen-bond acceptors (Lipinski definition) is 6. The van der Waals surface area contributed by atoms with E-state index in [0.29, 0.717) is 29.3 Å². The van der Waals surface area contributed by atoms with Crippen molar-refractivity contribution in [3.63, 3.8) is 0 Å². The van der Waals surface area contributed by atoms with Gasteiger partial charge in [0, 0.05) is 24.6 Å². The third-order valence-electron chi connectivity index (χ3n) is 4.20. The molecule has 0 bridgehead atoms. The second-order valence-electron chi connectivity index (χ2n) is 6.23. The Morgan fingerprint density at radius 3 is 2.33 bits per heavy atom. The number of hydrogen-bond donors (Lipinski definition) is 1. The number of halogens is 3. The number of alkyl halides is 3. The summed E-state index contributed by atoms with van der Waals surface area (Å²) in [6, 6.07) is 15.1. The Balaban J connectivity index is 1.95. The van der Waals surface area contributed by atoms with Crippen molar-refractivity contribution < 1.29 is 17.9 Å². The van der Waals surface area contributed by atoms with Crippen LogP contribution in [0.3, 0.4) is 0 Å². The minimum atomic E-state index is -4.62. The highest BCUT2D eigenvalue weighted by Crippen LogP contribution is 2.38. The molecule has 9 heteroatoms. The number of anilines is 4. The van der Waals surface area contributed by atoms with E-state index in [0.717, 1.165) is 6.20 Å². The van der Waals surface area contributed by atoms with Crippen molar-refractivity contribution in [3.8, 4) is 11.8 Å². The highest BCUT2D eigenvalue weighted by molar-refractivity contribution is 5.65. The monoisotopic (exact) mass is 413 g/mol. The first-order chi connectivity index (χ1) is 14.3. The first kappa shape index (κ1) is 20.9. The lowest BCUT2D eigenvalue weighted by Gasteiger charge is -2.23. The molecule has 30 heavy (non-hydrogen) atoms. The molecule has 0 amide bonds. The van der Waals surface area contributed by atoms with Gasteiger partial charge in [-0.25, -0.2) is 4.98 Å². The second kappa shape index (κ2) is 8.69. The SMILES string of the molecule is CCOc1ccc(N(C)c2nc(Nc3ccc(C#N)cc3)ncc2C(F)(F)F)cc1. The van der Waals surface area contributed by atoms with E-state index in [-0.39, 0.29) is 11.8 Å². The zero-order valence-corrected chi connectivity index (χ0v) is 16.2. The predicted molar refractivity (Wildman–Crippen MR) is 107 cm³/mol. The lowest BCUT2D eigenvalue weighted by atomic mass is 10.2. The second-order valence-corrected chi connectivity index (χ2v) is 6.23. The van der Waals surface area contributed by atoms with Gasteiger partial charge in [-0.1, -0.05) is 0 Å². The van der Waals surface area contributed by atoms with E-state index in [1.165, 1.54) is 11.9 Å². The number of ether oxygens (including phenoxy) is 1. The molecule has 0 unspecified atom stereocenters. The maximum atomic E-state index is 13.6. The fourth-order valence-electron chi connectivity index (χ4n) is 2.70. The summed E-state index contributed by atoms with van der Waals surface area (Å²) < 4.78 is 46.0. The van der Waals surface area contributed by atoms with E-state index in [9.17, 15) is 13.2 Å². The standard InChI is InChI=1S/C21H18F3N5O/c1-3-30-17-10-8-16(9-11-17)29(2)19-18(21(22,23)24)13-26-20(28-19)27-15-6-4-14(12-25)5-7-15/h4-11,13H,3H2,1-2H3,(H,26,27,28). The lowest BCUT2D eigenvalue weighted by molar-refractivity contribution is -0.137. The minimum absolute atomic E-state index is 0.000458. The maximum Gasteiger partial charge on any atom is 0.421 e. The van der Waals surface area contributed by atoms with E-state index in [2.05, 4.69) is 15.3 Å². The van der Waals surface area contributed by atoms with Crippen LogP contribution in [0.1, 0.15) is 18.1 Å². The van der Waals surface area contributed by atoms with E-state index < -0.39 is 11.7 Å². The molecule has 0 radical (unpaired) electrons. The average molecular weight is 413 g/mol. The van der Waals surface area contributed by atoms with Gasteiger partial charge < -0.3 is 15.0 Å². The van der Waals surface area contributed by atoms with Crippen LogP contribution in [0.25, 0.3) is 0 Å². The molecule has 0 aliphatic rings. The Kier molecular flexibility index (Phi) is 6.06. The van der Waals surface area contributed by atoms with E-state index in [4.69, 9.17) is 10.00 Å². The van der Waals surface area contributed by atoms with E-state index in [1.807, 2.05) is 13.0 Å². The van der Waals surface area contributed by atoms with Gasteiger partial charge in [-0.2, -0.15) is 23.4 Å². The van der Waals surface area contributed by atoms with Crippen LogP contribution in [0.4, 0.5) is 36.3 Å². The molecule has 2 aromatic carbocycles. The Labute approximate surface area is 171 Å². The van der Waals surface area contributed by atoms with Gasteiger partial charge in [0.1, 0.15) is 11.3 Å². The van der Waals surface area contributed by atoms with Crippen LogP contribution >= 0.6 is 0 Å². The number of aromatic nitrogens is 2. The average Bonchev–Trinajstić information content (AvgIpc) is 2.74. The smallest absolute Gasteiger partial charge is 0.421 e. The fourth-order valence-corrected chi connectivity index (χ4v) is 2.70. The van der Waals surface area contributed by atoms with Gasteiger partial charge in [-0.15, -0.1) is 0 Å². The van der Waals surface area contributed by atoms with Crippen molar-refractivity contribution in [2.75, 3.05) is 23.9 Å². The molecule has 0 fully saturated rings. The van der Waals surface area contributed by atoms with Crippen LogP contribution in [-0.2, 0) is 6.18 Å². The van der Waals surface area contributed by atoms with Gasteiger partial charge in [0.25, 0.3) is 0 Å². The summed E-state index contributed by atoms with van der Waals surface area (Å²) in [5, 5.41) is 11.7. The van der Waals surface area contributed by atoms with Crippen molar-refractivity contribution in [3.05, 3.63) is 65.9 Å². The van der Waals surface area contributed by atoms with Crippen molar-refractivity contribution in [1.82, 2.24) is 9.97 Å². The Hall–Kier alpha value is -3.80. The summed E-state index contributed by atoms with van der Waals surface area (Å²) in [5.41, 5.74) is 0.560. The van der Waals surface area contributed by atoms with Crippen LogP contribution in [0, 0.1) is 11.3 Å². The molecule has 0 saturated carbocycles. The van der Waals surface area contributed by atoms with Crippen molar-refractivity contribution in [2.24, 2.45) is 0 Å². The maximum absolute atomic E-state index is 13.6. The van der Waals surface area contributed by atoms with E-state index >= 15 is 0 Å². The number of nitrogens with one attached hydrogen (secondary N) is 1. The van der Waals surface area contributed by atoms with Gasteiger partial charge in [-0.05, 0) is 55.5 Å². The topological polar surface area (TPSA) is 74.1 Å². The highest BCUT2D eigenvalue weighted by Gasteiger charge is 2.36. The molecular weight excluding hydrogens is 395 g/mol. The molecule has 1 heterocycles. The Morgan fingerprint density at radius 1 is 1.10 bits per heavy atom. The number of nitrogens with zero attached hydrogens (tertiary/aromatic N) is 4. The van der Waals surface area contributed by atoms with Crippen molar-refractivity contribution in [1.29, 1.82) is 5.26 Å². The zero-order valence-electron chi connectivity index (χ0n) is 16.2. The van der Waals surface area contributed by atoms with Crippen LogP contribution in [0.15, 0.2) is 54.7 Å². The summed E-state index contributed by atoms with van der Waals surface area (Å²) in [6.07, 6.45) is -3.87. The summed E-state index contributed by atoms with van der Waals surface area (Å²) in [5.74, 6) is 0.329. The molecule has 0 aliphatic carbocycles. The van der Waals surface area contributed by atoms with Crippen LogP contribution in [-0.4, -0.2) is 23.6 Å². The number of nitriles is 1. The molecule has 0 spiro atoms. The lowest BCUT2D eigenvalue weighted by Crippen LogP contribution is -2.19. The van der Waals surface area contributed by atoms with Gasteiger partial charge in [0.15, 0.2) is 5.82 Å². The molecule has 6 nitrogen and oxygen atoms in total. The first-order valence-electron chi connectivity index (χ1n) is 9.00. The van der Waals surface area contributed by atoms with Gasteiger partial charge in [-0.3, -0.25) is 0 Å². The van der Waals surface area contributed by atoms with Crippen molar-refractivity contribution >= 4 is 23.1 Å². The third kappa shape index (κ3) is 4.78. The largest absolute Gasteiger partial charge is 0.494 e. The molecular formula is C21H18F3N5O. The van der Waals surface area contributed by atoms with Crippen molar-refractivity contribution in [2.45, 2.75) is 13.1 Å².